The molecular formula is C24H26BrN3O9. The maximum absolute atomic E-state index is 13.9. The third-order valence-corrected chi connectivity index (χ3v) is 8.39. The van der Waals surface area contributed by atoms with E-state index in [-0.39, 0.29) is 22.1 Å². The van der Waals surface area contributed by atoms with Crippen LogP contribution in [0.4, 0.5) is 5.69 Å². The number of likely N-dealkylation sites (N-methyl/N-ethyl adjacent to an activating group) is 1. The molecule has 0 bridgehead atoms. The number of ketones is 4. The molecule has 4 rings (SSSR count). The summed E-state index contributed by atoms with van der Waals surface area (Å²) in [5.74, 6) is -14.7. The van der Waals surface area contributed by atoms with E-state index in [1.807, 2.05) is 0 Å². The van der Waals surface area contributed by atoms with Gasteiger partial charge in [0, 0.05) is 5.92 Å². The number of anilines is 1. The van der Waals surface area contributed by atoms with Crippen LogP contribution in [0, 0.1) is 23.7 Å². The van der Waals surface area contributed by atoms with E-state index in [0.29, 0.717) is 0 Å². The Labute approximate surface area is 219 Å². The molecule has 6 N–H and O–H groups in total. The van der Waals surface area contributed by atoms with Crippen LogP contribution < -0.4 is 11.1 Å². The van der Waals surface area contributed by atoms with E-state index >= 15 is 0 Å². The Morgan fingerprint density at radius 1 is 1.16 bits per heavy atom. The van der Waals surface area contributed by atoms with Gasteiger partial charge >= 0.3 is 0 Å². The molecule has 0 spiro atoms. The van der Waals surface area contributed by atoms with Gasteiger partial charge in [0.25, 0.3) is 0 Å². The molecule has 12 nitrogen and oxygen atoms in total. The number of benzene rings is 1. The highest BCUT2D eigenvalue weighted by Crippen LogP contribution is 2.55. The van der Waals surface area contributed by atoms with Crippen LogP contribution >= 0.6 is 15.9 Å². The summed E-state index contributed by atoms with van der Waals surface area (Å²) in [6, 6.07) is 1.42. The molecule has 2 amide bonds. The number of halogens is 1. The normalized spacial score (nSPS) is 35.1. The fraction of sp³-hybridized carbons (Fsp3) is 0.500. The number of primary amides is 1. The predicted molar refractivity (Wildman–Crippen MR) is 130 cm³/mol. The van der Waals surface area contributed by atoms with E-state index in [1.165, 1.54) is 31.1 Å². The first-order chi connectivity index (χ1) is 17.2. The van der Waals surface area contributed by atoms with E-state index < -0.39 is 88.0 Å². The number of aliphatic hydroxyl groups is 2. The number of nitrogens with zero attached hydrogens (tertiary/aromatic N) is 1. The van der Waals surface area contributed by atoms with Gasteiger partial charge in [0.1, 0.15) is 5.75 Å². The van der Waals surface area contributed by atoms with Crippen LogP contribution in [-0.2, 0) is 24.0 Å². The summed E-state index contributed by atoms with van der Waals surface area (Å²) < 4.78 is 0. The summed E-state index contributed by atoms with van der Waals surface area (Å²) >= 11 is 2.98. The fourth-order valence-corrected chi connectivity index (χ4v) is 6.41. The van der Waals surface area contributed by atoms with Crippen molar-refractivity contribution < 1.29 is 44.1 Å². The molecule has 37 heavy (non-hydrogen) atoms. The number of aliphatic hydroxyl groups excluding tert-OH is 1. The molecule has 0 radical (unpaired) electrons. The molecule has 1 aromatic rings. The SMILES string of the molecule is CC1c2ccc(NC(=O)CBr)c(O)c2C(=O)C2C(=O)[C@]3(O)C(=O)C(C(N)=O)C(=O)[C@@H](N(C)C)C3C(O)C21. The highest BCUT2D eigenvalue weighted by molar-refractivity contribution is 9.09. The molecule has 2 saturated carbocycles. The Morgan fingerprint density at radius 2 is 1.78 bits per heavy atom. The molecular weight excluding hydrogens is 554 g/mol. The van der Waals surface area contributed by atoms with Crippen LogP contribution in [0.5, 0.6) is 5.75 Å². The number of Topliss-reactive ketones (excluding diaryl/α,β-unsaturated/α-hetero) is 4. The second-order valence-electron chi connectivity index (χ2n) is 9.97. The minimum absolute atomic E-state index is 0.0907. The van der Waals surface area contributed by atoms with E-state index in [0.717, 1.165) is 0 Å². The number of carbonyl (C=O) groups excluding carboxylic acids is 6. The van der Waals surface area contributed by atoms with E-state index in [4.69, 9.17) is 5.73 Å². The van der Waals surface area contributed by atoms with Crippen molar-refractivity contribution in [2.24, 2.45) is 29.4 Å². The summed E-state index contributed by atoms with van der Waals surface area (Å²) in [5, 5.41) is 36.3. The standard InChI is InChI=1S/C24H26BrN3O9/c1-7-8-4-5-9(27-10(29)6-25)17(30)12(8)18(31)13-11(7)19(32)15-16(28(2)3)20(33)14(23(26)36)22(35)24(15,37)21(13)34/h4-5,7,11,13-16,19,30,32,37H,6H2,1-3H3,(H2,26,36)(H,27,29)/t7?,11?,13?,14?,15?,16-,19?,24-/m0/s1. The van der Waals surface area contributed by atoms with Gasteiger partial charge in [-0.15, -0.1) is 0 Å². The molecule has 198 valence electrons. The lowest BCUT2D eigenvalue weighted by molar-refractivity contribution is -0.196. The smallest absolute Gasteiger partial charge is 0.235 e. The third-order valence-electron chi connectivity index (χ3n) is 7.88. The van der Waals surface area contributed by atoms with Gasteiger partial charge in [0.2, 0.25) is 11.8 Å². The molecule has 0 saturated heterocycles. The second-order valence-corrected chi connectivity index (χ2v) is 10.5. The average molecular weight is 580 g/mol. The quantitative estimate of drug-likeness (QED) is 0.162. The van der Waals surface area contributed by atoms with Gasteiger partial charge in [-0.2, -0.15) is 0 Å². The predicted octanol–water partition coefficient (Wildman–Crippen LogP) is -1.27. The van der Waals surface area contributed by atoms with Crippen molar-refractivity contribution in [1.29, 1.82) is 0 Å². The molecule has 8 atom stereocenters. The lowest BCUT2D eigenvalue weighted by Crippen LogP contribution is -2.77. The van der Waals surface area contributed by atoms with Crippen molar-refractivity contribution in [1.82, 2.24) is 4.90 Å². The summed E-state index contributed by atoms with van der Waals surface area (Å²) in [6.45, 7) is 1.60. The average Bonchev–Trinajstić information content (AvgIpc) is 2.82. The van der Waals surface area contributed by atoms with Gasteiger partial charge in [-0.1, -0.05) is 28.9 Å². The number of phenols is 1. The van der Waals surface area contributed by atoms with Gasteiger partial charge in [-0.05, 0) is 31.6 Å². The highest BCUT2D eigenvalue weighted by atomic mass is 79.9. The van der Waals surface area contributed by atoms with Crippen molar-refractivity contribution in [2.45, 2.75) is 30.6 Å². The summed E-state index contributed by atoms with van der Waals surface area (Å²) in [6.07, 6.45) is -1.70. The molecule has 0 aromatic heterocycles. The topological polar surface area (TPSA) is 204 Å². The largest absolute Gasteiger partial charge is 0.505 e. The first-order valence-corrected chi connectivity index (χ1v) is 12.6. The summed E-state index contributed by atoms with van der Waals surface area (Å²) in [5.41, 5.74) is 2.11. The number of alkyl halides is 1. The Kier molecular flexibility index (Phi) is 6.64. The number of aromatic hydroxyl groups is 1. The van der Waals surface area contributed by atoms with Crippen molar-refractivity contribution in [3.05, 3.63) is 23.3 Å². The second kappa shape index (κ2) is 9.08. The lowest BCUT2D eigenvalue weighted by atomic mass is 9.49. The molecule has 0 aliphatic heterocycles. The van der Waals surface area contributed by atoms with Gasteiger partial charge in [-0.3, -0.25) is 33.7 Å². The summed E-state index contributed by atoms with van der Waals surface area (Å²) in [7, 11) is 2.84. The summed E-state index contributed by atoms with van der Waals surface area (Å²) in [4.78, 5) is 79.1. The van der Waals surface area contributed by atoms with Crippen LogP contribution in [-0.4, -0.2) is 92.3 Å². The Morgan fingerprint density at radius 3 is 2.32 bits per heavy atom. The third kappa shape index (κ3) is 3.59. The Hall–Kier alpha value is -3.00. The number of hydrogen-bond donors (Lipinski definition) is 5. The highest BCUT2D eigenvalue weighted by Gasteiger charge is 2.72. The molecule has 0 heterocycles. The fourth-order valence-electron chi connectivity index (χ4n) is 6.27. The molecule has 2 fully saturated rings. The number of nitrogens with two attached hydrogens (primary N) is 1. The van der Waals surface area contributed by atoms with Crippen LogP contribution in [0.15, 0.2) is 12.1 Å². The van der Waals surface area contributed by atoms with E-state index in [2.05, 4.69) is 21.2 Å². The number of fused-ring (bicyclic) bond motifs is 3. The zero-order valence-corrected chi connectivity index (χ0v) is 21.7. The van der Waals surface area contributed by atoms with Crippen LogP contribution in [0.2, 0.25) is 0 Å². The van der Waals surface area contributed by atoms with Gasteiger partial charge in [0.15, 0.2) is 34.7 Å². The first-order valence-electron chi connectivity index (χ1n) is 11.5. The van der Waals surface area contributed by atoms with E-state index in [9.17, 15) is 44.1 Å². The Balaban J connectivity index is 1.91. The van der Waals surface area contributed by atoms with Crippen LogP contribution in [0.3, 0.4) is 0 Å². The van der Waals surface area contributed by atoms with Crippen molar-refractivity contribution >= 4 is 56.6 Å². The van der Waals surface area contributed by atoms with Gasteiger partial charge in [-0.25, -0.2) is 0 Å². The molecule has 3 aliphatic rings. The number of amides is 2. The number of carbonyl (C=O) groups is 6. The van der Waals surface area contributed by atoms with Gasteiger partial charge in [0.05, 0.1) is 40.6 Å². The molecule has 1 aromatic carbocycles. The minimum atomic E-state index is -3.06. The van der Waals surface area contributed by atoms with Crippen molar-refractivity contribution in [3.63, 3.8) is 0 Å². The number of rotatable bonds is 4. The number of nitrogens with one attached hydrogen (secondary N) is 1. The minimum Gasteiger partial charge on any atom is -0.505 e. The first kappa shape index (κ1) is 27.0. The van der Waals surface area contributed by atoms with Gasteiger partial charge < -0.3 is 26.4 Å². The number of phenolic OH excluding ortho intramolecular Hbond substituents is 1. The van der Waals surface area contributed by atoms with Crippen molar-refractivity contribution in [2.75, 3.05) is 24.7 Å². The molecule has 3 aliphatic carbocycles. The molecule has 13 heteroatoms. The van der Waals surface area contributed by atoms with Crippen LogP contribution in [0.1, 0.15) is 28.8 Å². The van der Waals surface area contributed by atoms with Crippen LogP contribution in [0.25, 0.3) is 0 Å². The van der Waals surface area contributed by atoms with Crippen molar-refractivity contribution in [3.8, 4) is 5.75 Å². The lowest BCUT2D eigenvalue weighted by Gasteiger charge is -2.56. The molecule has 6 unspecified atom stereocenters. The monoisotopic (exact) mass is 579 g/mol. The maximum atomic E-state index is 13.9. The zero-order valence-electron chi connectivity index (χ0n) is 20.1. The zero-order chi connectivity index (χ0) is 27.7. The Bertz CT molecular complexity index is 1260. The maximum Gasteiger partial charge on any atom is 0.235 e. The van der Waals surface area contributed by atoms with E-state index in [1.54, 1.807) is 6.92 Å². The number of hydrogen-bond acceptors (Lipinski definition) is 10.